The highest BCUT2D eigenvalue weighted by Crippen LogP contribution is 2.22. The van der Waals surface area contributed by atoms with E-state index in [1.54, 1.807) is 29.2 Å². The van der Waals surface area contributed by atoms with E-state index in [4.69, 9.17) is 16.3 Å². The minimum absolute atomic E-state index is 0.0263. The fourth-order valence-electron chi connectivity index (χ4n) is 2.95. The number of esters is 1. The normalized spacial score (nSPS) is 14.4. The number of carbonyl (C=O) groups excluding carboxylic acids is 3. The van der Waals surface area contributed by atoms with Crippen LogP contribution in [0.15, 0.2) is 24.3 Å². The van der Waals surface area contributed by atoms with Crippen molar-refractivity contribution in [2.75, 3.05) is 30.5 Å². The van der Waals surface area contributed by atoms with Crippen LogP contribution in [0, 0.1) is 0 Å². The lowest BCUT2D eigenvalue weighted by molar-refractivity contribution is -0.144. The molecule has 1 aromatic carbocycles. The highest BCUT2D eigenvalue weighted by Gasteiger charge is 2.22. The van der Waals surface area contributed by atoms with Crippen LogP contribution in [0.25, 0.3) is 0 Å². The van der Waals surface area contributed by atoms with Gasteiger partial charge in [0.25, 0.3) is 5.91 Å². The number of rotatable bonds is 8. The molecule has 148 valence electrons. The Hall–Kier alpha value is -1.73. The number of hydrogen-bond donors (Lipinski definition) is 1. The van der Waals surface area contributed by atoms with Gasteiger partial charge in [-0.25, -0.2) is 0 Å². The topological polar surface area (TPSA) is 75.7 Å². The summed E-state index contributed by atoms with van der Waals surface area (Å²) in [6.45, 7) is -0.373. The Balaban J connectivity index is 1.61. The van der Waals surface area contributed by atoms with Gasteiger partial charge in [-0.2, -0.15) is 0 Å². The maximum Gasteiger partial charge on any atom is 0.316 e. The van der Waals surface area contributed by atoms with Crippen molar-refractivity contribution in [1.29, 1.82) is 0 Å². The van der Waals surface area contributed by atoms with Crippen molar-refractivity contribution < 1.29 is 19.1 Å². The molecule has 1 aliphatic rings. The van der Waals surface area contributed by atoms with Crippen LogP contribution in [0.5, 0.6) is 0 Å². The Bertz CT molecular complexity index is 665. The smallest absolute Gasteiger partial charge is 0.316 e. The Morgan fingerprint density at radius 1 is 1.22 bits per heavy atom. The highest BCUT2D eigenvalue weighted by atomic mass is 35.5. The van der Waals surface area contributed by atoms with Gasteiger partial charge in [-0.15, -0.1) is 11.8 Å². The standard InChI is InChI=1S/C19H25ClN2O4S/c1-22(16-8-3-2-4-9-16)18(24)12-27-13-19(25)26-11-17(23)21-15-7-5-6-14(20)10-15/h5-7,10,16H,2-4,8-9,11-13H2,1H3,(H,21,23). The molecule has 1 N–H and O–H groups in total. The number of nitrogens with one attached hydrogen (secondary N) is 1. The number of thioether (sulfide) groups is 1. The third-order valence-electron chi connectivity index (χ3n) is 4.43. The molecule has 0 heterocycles. The van der Waals surface area contributed by atoms with Crippen LogP contribution in [0.4, 0.5) is 5.69 Å². The van der Waals surface area contributed by atoms with Crippen LogP contribution in [-0.4, -0.2) is 53.9 Å². The molecule has 2 rings (SSSR count). The van der Waals surface area contributed by atoms with Crippen molar-refractivity contribution in [3.63, 3.8) is 0 Å². The molecule has 0 aliphatic heterocycles. The number of nitrogens with zero attached hydrogens (tertiary/aromatic N) is 1. The van der Waals surface area contributed by atoms with Crippen LogP contribution in [0.3, 0.4) is 0 Å². The van der Waals surface area contributed by atoms with Crippen molar-refractivity contribution in [3.8, 4) is 0 Å². The predicted molar refractivity (Wildman–Crippen MR) is 108 cm³/mol. The molecule has 1 aliphatic carbocycles. The molecule has 1 fully saturated rings. The van der Waals surface area contributed by atoms with E-state index in [9.17, 15) is 14.4 Å². The van der Waals surface area contributed by atoms with Crippen molar-refractivity contribution in [2.24, 2.45) is 0 Å². The van der Waals surface area contributed by atoms with Crippen LogP contribution < -0.4 is 5.32 Å². The van der Waals surface area contributed by atoms with Gasteiger partial charge in [-0.1, -0.05) is 36.9 Å². The molecule has 6 nitrogen and oxygen atoms in total. The molecule has 0 bridgehead atoms. The molecule has 0 radical (unpaired) electrons. The molecule has 0 saturated heterocycles. The lowest BCUT2D eigenvalue weighted by Gasteiger charge is -2.31. The number of halogens is 1. The summed E-state index contributed by atoms with van der Waals surface area (Å²) in [7, 11) is 1.83. The second-order valence-electron chi connectivity index (χ2n) is 6.51. The maximum absolute atomic E-state index is 12.2. The molecular formula is C19H25ClN2O4S. The lowest BCUT2D eigenvalue weighted by Crippen LogP contribution is -2.39. The van der Waals surface area contributed by atoms with Gasteiger partial charge < -0.3 is 15.0 Å². The lowest BCUT2D eigenvalue weighted by atomic mass is 9.94. The molecule has 27 heavy (non-hydrogen) atoms. The van der Waals surface area contributed by atoms with E-state index >= 15 is 0 Å². The first-order valence-electron chi connectivity index (χ1n) is 9.00. The summed E-state index contributed by atoms with van der Waals surface area (Å²) in [5.74, 6) is -0.664. The summed E-state index contributed by atoms with van der Waals surface area (Å²) in [6.07, 6.45) is 5.68. The van der Waals surface area contributed by atoms with Gasteiger partial charge in [0, 0.05) is 23.8 Å². The van der Waals surface area contributed by atoms with Crippen molar-refractivity contribution in [1.82, 2.24) is 4.90 Å². The van der Waals surface area contributed by atoms with Gasteiger partial charge in [0.15, 0.2) is 6.61 Å². The fourth-order valence-corrected chi connectivity index (χ4v) is 3.87. The van der Waals surface area contributed by atoms with Gasteiger partial charge in [-0.3, -0.25) is 14.4 Å². The molecule has 1 saturated carbocycles. The van der Waals surface area contributed by atoms with Gasteiger partial charge in [-0.05, 0) is 31.0 Å². The molecule has 0 aromatic heterocycles. The SMILES string of the molecule is CN(C(=O)CSCC(=O)OCC(=O)Nc1cccc(Cl)c1)C1CCCCC1. The quantitative estimate of drug-likeness (QED) is 0.662. The number of benzene rings is 1. The monoisotopic (exact) mass is 412 g/mol. The zero-order valence-corrected chi connectivity index (χ0v) is 17.0. The van der Waals surface area contributed by atoms with Crippen LogP contribution in [-0.2, 0) is 19.1 Å². The largest absolute Gasteiger partial charge is 0.455 e. The first-order chi connectivity index (χ1) is 13.0. The summed E-state index contributed by atoms with van der Waals surface area (Å²) in [4.78, 5) is 37.5. The number of hydrogen-bond acceptors (Lipinski definition) is 5. The predicted octanol–water partition coefficient (Wildman–Crippen LogP) is 3.35. The summed E-state index contributed by atoms with van der Waals surface area (Å²) in [5, 5.41) is 3.10. The van der Waals surface area contributed by atoms with E-state index in [1.165, 1.54) is 31.0 Å². The second-order valence-corrected chi connectivity index (χ2v) is 7.93. The van der Waals surface area contributed by atoms with E-state index in [0.29, 0.717) is 16.8 Å². The van der Waals surface area contributed by atoms with E-state index < -0.39 is 11.9 Å². The molecule has 0 spiro atoms. The van der Waals surface area contributed by atoms with Gasteiger partial charge >= 0.3 is 5.97 Å². The van der Waals surface area contributed by atoms with Crippen LogP contribution >= 0.6 is 23.4 Å². The minimum atomic E-state index is -0.519. The first kappa shape index (κ1) is 21.6. The average molecular weight is 413 g/mol. The van der Waals surface area contributed by atoms with Crippen LogP contribution in [0.2, 0.25) is 5.02 Å². The Kier molecular flexibility index (Phi) is 8.94. The molecular weight excluding hydrogens is 388 g/mol. The van der Waals surface area contributed by atoms with Gasteiger partial charge in [0.2, 0.25) is 5.91 Å². The summed E-state index contributed by atoms with van der Waals surface area (Å²) >= 11 is 7.04. The van der Waals surface area contributed by atoms with Crippen molar-refractivity contribution in [2.45, 2.75) is 38.1 Å². The molecule has 0 atom stereocenters. The average Bonchev–Trinajstić information content (AvgIpc) is 2.66. The fraction of sp³-hybridized carbons (Fsp3) is 0.526. The second kappa shape index (κ2) is 11.2. The number of carbonyl (C=O) groups is 3. The first-order valence-corrected chi connectivity index (χ1v) is 10.5. The zero-order chi connectivity index (χ0) is 19.6. The zero-order valence-electron chi connectivity index (χ0n) is 15.4. The van der Waals surface area contributed by atoms with Gasteiger partial charge in [0.05, 0.1) is 11.5 Å². The third kappa shape index (κ3) is 7.81. The summed E-state index contributed by atoms with van der Waals surface area (Å²) in [5.41, 5.74) is 0.536. The van der Waals surface area contributed by atoms with Crippen molar-refractivity contribution in [3.05, 3.63) is 29.3 Å². The summed E-state index contributed by atoms with van der Waals surface area (Å²) < 4.78 is 4.94. The number of anilines is 1. The molecule has 1 aromatic rings. The van der Waals surface area contributed by atoms with E-state index in [-0.39, 0.29) is 24.0 Å². The highest BCUT2D eigenvalue weighted by molar-refractivity contribution is 8.00. The van der Waals surface area contributed by atoms with E-state index in [1.807, 2.05) is 7.05 Å². The molecule has 2 amide bonds. The van der Waals surface area contributed by atoms with Crippen LogP contribution in [0.1, 0.15) is 32.1 Å². The maximum atomic E-state index is 12.2. The minimum Gasteiger partial charge on any atom is -0.455 e. The summed E-state index contributed by atoms with van der Waals surface area (Å²) in [6, 6.07) is 7.01. The Morgan fingerprint density at radius 3 is 2.67 bits per heavy atom. The third-order valence-corrected chi connectivity index (χ3v) is 5.56. The van der Waals surface area contributed by atoms with Crippen molar-refractivity contribution >= 4 is 46.8 Å². The Morgan fingerprint density at radius 2 is 1.96 bits per heavy atom. The number of amides is 2. The molecule has 0 unspecified atom stereocenters. The Labute approximate surface area is 169 Å². The van der Waals surface area contributed by atoms with E-state index in [2.05, 4.69) is 5.32 Å². The van der Waals surface area contributed by atoms with Gasteiger partial charge in [0.1, 0.15) is 0 Å². The molecule has 8 heteroatoms. The number of ether oxygens (including phenoxy) is 1. The van der Waals surface area contributed by atoms with E-state index in [0.717, 1.165) is 12.8 Å².